The van der Waals surface area contributed by atoms with Crippen LogP contribution < -0.4 is 10.6 Å². The third-order valence-corrected chi connectivity index (χ3v) is 9.19. The molecule has 0 aliphatic heterocycles. The number of anilines is 1. The zero-order chi connectivity index (χ0) is 29.1. The Hall–Kier alpha value is -4.24. The molecule has 9 heteroatoms. The van der Waals surface area contributed by atoms with Gasteiger partial charge in [0.2, 0.25) is 5.91 Å². The molecule has 2 aromatic heterocycles. The van der Waals surface area contributed by atoms with E-state index in [0.29, 0.717) is 35.7 Å². The molecular formula is C33H34N4O4S. The fourth-order valence-electron chi connectivity index (χ4n) is 6.32. The summed E-state index contributed by atoms with van der Waals surface area (Å²) in [5, 5.41) is 19.1. The minimum Gasteiger partial charge on any atom is -0.478 e. The highest BCUT2D eigenvalue weighted by atomic mass is 32.1. The number of carbonyl (C=O) groups is 3. The average molecular weight is 583 g/mol. The van der Waals surface area contributed by atoms with Gasteiger partial charge < -0.3 is 20.3 Å². The summed E-state index contributed by atoms with van der Waals surface area (Å²) in [4.78, 5) is 42.9. The first-order chi connectivity index (χ1) is 20.4. The van der Waals surface area contributed by atoms with Gasteiger partial charge in [0, 0.05) is 34.3 Å². The van der Waals surface area contributed by atoms with Crippen molar-refractivity contribution >= 4 is 51.9 Å². The highest BCUT2D eigenvalue weighted by Gasteiger charge is 2.42. The van der Waals surface area contributed by atoms with E-state index in [1.54, 1.807) is 35.6 Å². The lowest BCUT2D eigenvalue weighted by molar-refractivity contribution is -0.131. The molecule has 0 atom stereocenters. The van der Waals surface area contributed by atoms with Crippen molar-refractivity contribution in [3.8, 4) is 11.4 Å². The summed E-state index contributed by atoms with van der Waals surface area (Å²) in [5.74, 6) is -0.602. The standard InChI is InChI=1S/C33H34N4O4S/c38-29(39)15-10-22-8-12-25(13-9-22)34-32(41)33(17-4-5-18-33)36-31(40)23-11-14-28-27(20-23)35-30(24-16-19-42-21-24)37(28)26-6-2-1-3-7-26/h8-16,19-21,26H,1-7,17-18H2,(H,34,41)(H,36,40)(H,38,39)/b15-10+. The van der Waals surface area contributed by atoms with Gasteiger partial charge in [-0.3, -0.25) is 9.59 Å². The van der Waals surface area contributed by atoms with Crippen molar-refractivity contribution in [2.45, 2.75) is 69.4 Å². The molecular weight excluding hydrogens is 548 g/mol. The van der Waals surface area contributed by atoms with Crippen LogP contribution in [0.2, 0.25) is 0 Å². The van der Waals surface area contributed by atoms with Crippen molar-refractivity contribution in [1.29, 1.82) is 0 Å². The van der Waals surface area contributed by atoms with Gasteiger partial charge >= 0.3 is 5.97 Å². The summed E-state index contributed by atoms with van der Waals surface area (Å²) in [6.45, 7) is 0. The maximum absolute atomic E-state index is 13.6. The van der Waals surface area contributed by atoms with Crippen molar-refractivity contribution in [3.05, 3.63) is 76.5 Å². The number of thiophene rings is 1. The molecule has 0 spiro atoms. The number of imidazole rings is 1. The molecule has 0 unspecified atom stereocenters. The number of hydrogen-bond acceptors (Lipinski definition) is 5. The third kappa shape index (κ3) is 5.74. The largest absolute Gasteiger partial charge is 0.478 e. The van der Waals surface area contributed by atoms with Crippen LogP contribution in [0.25, 0.3) is 28.5 Å². The molecule has 0 saturated heterocycles. The molecule has 6 rings (SSSR count). The fraction of sp³-hybridized carbons (Fsp3) is 0.333. The Morgan fingerprint density at radius 2 is 1.74 bits per heavy atom. The molecule has 42 heavy (non-hydrogen) atoms. The first-order valence-corrected chi connectivity index (χ1v) is 15.6. The van der Waals surface area contributed by atoms with Crippen molar-refractivity contribution in [2.75, 3.05) is 5.32 Å². The number of carboxylic acids is 1. The average Bonchev–Trinajstić information content (AvgIpc) is 3.77. The minimum absolute atomic E-state index is 0.246. The molecule has 0 bridgehead atoms. The second-order valence-electron chi connectivity index (χ2n) is 11.3. The number of carbonyl (C=O) groups excluding carboxylic acids is 2. The van der Waals surface area contributed by atoms with E-state index in [0.717, 1.165) is 54.2 Å². The zero-order valence-electron chi connectivity index (χ0n) is 23.3. The van der Waals surface area contributed by atoms with E-state index in [9.17, 15) is 14.4 Å². The molecule has 3 N–H and O–H groups in total. The molecule has 216 valence electrons. The number of nitrogens with zero attached hydrogens (tertiary/aromatic N) is 2. The van der Waals surface area contributed by atoms with Crippen LogP contribution in [0, 0.1) is 0 Å². The smallest absolute Gasteiger partial charge is 0.328 e. The maximum Gasteiger partial charge on any atom is 0.328 e. The topological polar surface area (TPSA) is 113 Å². The predicted molar refractivity (Wildman–Crippen MR) is 166 cm³/mol. The molecule has 2 aliphatic rings. The number of aliphatic carboxylic acids is 1. The lowest BCUT2D eigenvalue weighted by Crippen LogP contribution is -2.55. The van der Waals surface area contributed by atoms with E-state index in [1.165, 1.54) is 25.3 Å². The number of hydrogen-bond donors (Lipinski definition) is 3. The molecule has 2 aliphatic carbocycles. The molecule has 2 aromatic carbocycles. The van der Waals surface area contributed by atoms with Crippen molar-refractivity contribution < 1.29 is 19.5 Å². The van der Waals surface area contributed by atoms with Crippen molar-refractivity contribution in [2.24, 2.45) is 0 Å². The van der Waals surface area contributed by atoms with Crippen LogP contribution in [-0.4, -0.2) is 38.0 Å². The lowest BCUT2D eigenvalue weighted by atomic mass is 9.94. The minimum atomic E-state index is -1.02. The van der Waals surface area contributed by atoms with Crippen LogP contribution in [-0.2, 0) is 9.59 Å². The normalized spacial score (nSPS) is 17.0. The van der Waals surface area contributed by atoms with E-state index in [2.05, 4.69) is 32.0 Å². The van der Waals surface area contributed by atoms with E-state index in [4.69, 9.17) is 10.1 Å². The Labute approximate surface area is 248 Å². The number of benzene rings is 2. The SMILES string of the molecule is O=C(O)/C=C/c1ccc(NC(=O)C2(NC(=O)c3ccc4c(c3)nc(-c3ccsc3)n4C3CCCCC3)CCCC2)cc1. The Morgan fingerprint density at radius 1 is 0.976 bits per heavy atom. The van der Waals surface area contributed by atoms with Crippen molar-refractivity contribution in [1.82, 2.24) is 14.9 Å². The van der Waals surface area contributed by atoms with E-state index in [1.807, 2.05) is 18.2 Å². The van der Waals surface area contributed by atoms with Gasteiger partial charge in [-0.05, 0) is 79.1 Å². The summed E-state index contributed by atoms with van der Waals surface area (Å²) < 4.78 is 2.37. The number of amides is 2. The number of nitrogens with one attached hydrogen (secondary N) is 2. The maximum atomic E-state index is 13.6. The van der Waals surface area contributed by atoms with Gasteiger partial charge in [-0.2, -0.15) is 11.3 Å². The number of aromatic nitrogens is 2. The fourth-order valence-corrected chi connectivity index (χ4v) is 6.95. The van der Waals surface area contributed by atoms with Gasteiger partial charge in [-0.15, -0.1) is 0 Å². The number of fused-ring (bicyclic) bond motifs is 1. The van der Waals surface area contributed by atoms with Gasteiger partial charge in [0.15, 0.2) is 0 Å². The van der Waals surface area contributed by atoms with Gasteiger partial charge in [0.05, 0.1) is 11.0 Å². The Kier molecular flexibility index (Phi) is 7.93. The van der Waals surface area contributed by atoms with Gasteiger partial charge in [0.25, 0.3) is 5.91 Å². The second-order valence-corrected chi connectivity index (χ2v) is 12.1. The van der Waals surface area contributed by atoms with Crippen LogP contribution in [0.4, 0.5) is 5.69 Å². The third-order valence-electron chi connectivity index (χ3n) is 8.50. The zero-order valence-corrected chi connectivity index (χ0v) is 24.2. The molecule has 2 heterocycles. The predicted octanol–water partition coefficient (Wildman–Crippen LogP) is 7.05. The first-order valence-electron chi connectivity index (χ1n) is 14.6. The summed E-state index contributed by atoms with van der Waals surface area (Å²) in [5.41, 5.74) is 3.70. The van der Waals surface area contributed by atoms with E-state index < -0.39 is 11.5 Å². The number of rotatable bonds is 8. The van der Waals surface area contributed by atoms with Crippen molar-refractivity contribution in [3.63, 3.8) is 0 Å². The van der Waals surface area contributed by atoms with Crippen LogP contribution in [0.15, 0.2) is 65.4 Å². The van der Waals surface area contributed by atoms with Gasteiger partial charge in [-0.25, -0.2) is 9.78 Å². The number of carboxylic acid groups (broad SMARTS) is 1. The summed E-state index contributed by atoms with van der Waals surface area (Å²) >= 11 is 1.65. The quantitative estimate of drug-likeness (QED) is 0.193. The Bertz CT molecular complexity index is 1630. The van der Waals surface area contributed by atoms with Gasteiger partial charge in [0.1, 0.15) is 11.4 Å². The second kappa shape index (κ2) is 11.9. The Morgan fingerprint density at radius 3 is 2.43 bits per heavy atom. The molecule has 4 aromatic rings. The molecule has 2 saturated carbocycles. The van der Waals surface area contributed by atoms with Crippen LogP contribution in [0.1, 0.15) is 79.8 Å². The summed E-state index contributed by atoms with van der Waals surface area (Å²) in [6, 6.07) is 15.1. The highest BCUT2D eigenvalue weighted by Crippen LogP contribution is 2.37. The van der Waals surface area contributed by atoms with Crippen LogP contribution >= 0.6 is 11.3 Å². The molecule has 8 nitrogen and oxygen atoms in total. The first kappa shape index (κ1) is 27.9. The van der Waals surface area contributed by atoms with E-state index in [-0.39, 0.29) is 11.8 Å². The molecule has 2 amide bonds. The summed E-state index contributed by atoms with van der Waals surface area (Å²) in [7, 11) is 0. The van der Waals surface area contributed by atoms with Crippen LogP contribution in [0.5, 0.6) is 0 Å². The van der Waals surface area contributed by atoms with Crippen LogP contribution in [0.3, 0.4) is 0 Å². The van der Waals surface area contributed by atoms with E-state index >= 15 is 0 Å². The lowest BCUT2D eigenvalue weighted by Gasteiger charge is -2.29. The Balaban J connectivity index is 1.23. The highest BCUT2D eigenvalue weighted by molar-refractivity contribution is 7.08. The monoisotopic (exact) mass is 582 g/mol. The van der Waals surface area contributed by atoms with Gasteiger partial charge in [-0.1, -0.05) is 44.2 Å². The molecule has 0 radical (unpaired) electrons. The molecule has 2 fully saturated rings. The summed E-state index contributed by atoms with van der Waals surface area (Å²) in [6.07, 6.45) is 11.3.